The van der Waals surface area contributed by atoms with Crippen molar-refractivity contribution in [2.75, 3.05) is 11.1 Å². The van der Waals surface area contributed by atoms with Gasteiger partial charge in [0.25, 0.3) is 0 Å². The first-order valence-corrected chi connectivity index (χ1v) is 10.7. The van der Waals surface area contributed by atoms with Crippen LogP contribution in [0.4, 0.5) is 10.1 Å². The Balaban J connectivity index is 1.57. The SMILES string of the molecule is Cc1ccc(-n2c(SCC(=O)Nc3cccc(F)c3)nnc2-c2cccs2)cc1. The van der Waals surface area contributed by atoms with Crippen molar-refractivity contribution in [3.8, 4) is 16.4 Å². The van der Waals surface area contributed by atoms with Gasteiger partial charge in [-0.1, -0.05) is 41.6 Å². The monoisotopic (exact) mass is 424 g/mol. The van der Waals surface area contributed by atoms with Gasteiger partial charge in [0.15, 0.2) is 11.0 Å². The molecule has 0 aliphatic carbocycles. The van der Waals surface area contributed by atoms with Gasteiger partial charge in [-0.3, -0.25) is 9.36 Å². The third-order valence-corrected chi connectivity index (χ3v) is 5.90. The first-order chi connectivity index (χ1) is 14.1. The molecule has 0 unspecified atom stereocenters. The molecular formula is C21H17FN4OS2. The fraction of sp³-hybridized carbons (Fsp3) is 0.0952. The smallest absolute Gasteiger partial charge is 0.234 e. The first-order valence-electron chi connectivity index (χ1n) is 8.85. The van der Waals surface area contributed by atoms with Crippen molar-refractivity contribution in [1.29, 1.82) is 0 Å². The van der Waals surface area contributed by atoms with Gasteiger partial charge in [-0.15, -0.1) is 21.5 Å². The standard InChI is InChI=1S/C21H17FN4OS2/c1-14-7-9-17(10-8-14)26-20(18-6-3-11-28-18)24-25-21(26)29-13-19(27)23-16-5-2-4-15(22)12-16/h2-12H,13H2,1H3,(H,23,27). The van der Waals surface area contributed by atoms with Gasteiger partial charge in [-0.05, 0) is 48.7 Å². The number of rotatable bonds is 6. The van der Waals surface area contributed by atoms with Gasteiger partial charge in [-0.25, -0.2) is 4.39 Å². The Morgan fingerprint density at radius 3 is 2.69 bits per heavy atom. The molecule has 0 fully saturated rings. The third-order valence-electron chi connectivity index (χ3n) is 4.11. The number of amides is 1. The molecule has 29 heavy (non-hydrogen) atoms. The highest BCUT2D eigenvalue weighted by Crippen LogP contribution is 2.30. The van der Waals surface area contributed by atoms with Crippen LogP contribution in [0.5, 0.6) is 0 Å². The van der Waals surface area contributed by atoms with E-state index in [1.54, 1.807) is 23.5 Å². The molecule has 2 aromatic carbocycles. The summed E-state index contributed by atoms with van der Waals surface area (Å²) in [4.78, 5) is 13.3. The van der Waals surface area contributed by atoms with Crippen molar-refractivity contribution < 1.29 is 9.18 Å². The number of nitrogens with zero attached hydrogens (tertiary/aromatic N) is 3. The van der Waals surface area contributed by atoms with Crippen molar-refractivity contribution in [2.24, 2.45) is 0 Å². The molecule has 5 nitrogen and oxygen atoms in total. The van der Waals surface area contributed by atoms with Crippen LogP contribution < -0.4 is 5.32 Å². The maximum atomic E-state index is 13.3. The highest BCUT2D eigenvalue weighted by molar-refractivity contribution is 7.99. The molecule has 0 atom stereocenters. The molecule has 0 saturated carbocycles. The summed E-state index contributed by atoms with van der Waals surface area (Å²) in [6, 6.07) is 17.8. The Hall–Kier alpha value is -2.97. The van der Waals surface area contributed by atoms with Crippen molar-refractivity contribution in [1.82, 2.24) is 14.8 Å². The normalized spacial score (nSPS) is 10.8. The van der Waals surface area contributed by atoms with E-state index in [-0.39, 0.29) is 11.7 Å². The lowest BCUT2D eigenvalue weighted by atomic mass is 10.2. The molecule has 2 aromatic heterocycles. The van der Waals surface area contributed by atoms with E-state index in [9.17, 15) is 9.18 Å². The van der Waals surface area contributed by atoms with Crippen LogP contribution >= 0.6 is 23.1 Å². The van der Waals surface area contributed by atoms with Crippen LogP contribution in [0.3, 0.4) is 0 Å². The van der Waals surface area contributed by atoms with Crippen LogP contribution in [-0.2, 0) is 4.79 Å². The first kappa shape index (κ1) is 19.4. The fourth-order valence-corrected chi connectivity index (χ4v) is 4.20. The van der Waals surface area contributed by atoms with Gasteiger partial charge in [0.1, 0.15) is 5.82 Å². The number of hydrogen-bond donors (Lipinski definition) is 1. The molecule has 4 aromatic rings. The number of aryl methyl sites for hydroxylation is 1. The topological polar surface area (TPSA) is 59.8 Å². The predicted octanol–water partition coefficient (Wildman–Crippen LogP) is 5.17. The van der Waals surface area contributed by atoms with E-state index in [2.05, 4.69) is 15.5 Å². The number of aromatic nitrogens is 3. The van der Waals surface area contributed by atoms with Gasteiger partial charge < -0.3 is 5.32 Å². The van der Waals surface area contributed by atoms with E-state index >= 15 is 0 Å². The molecular weight excluding hydrogens is 407 g/mol. The summed E-state index contributed by atoms with van der Waals surface area (Å²) in [6.07, 6.45) is 0. The van der Waals surface area contributed by atoms with Crippen LogP contribution in [0.2, 0.25) is 0 Å². The summed E-state index contributed by atoms with van der Waals surface area (Å²) in [5.74, 6) is 0.231. The van der Waals surface area contributed by atoms with Crippen molar-refractivity contribution in [3.05, 3.63) is 77.4 Å². The van der Waals surface area contributed by atoms with Crippen LogP contribution in [-0.4, -0.2) is 26.4 Å². The number of thioether (sulfide) groups is 1. The van der Waals surface area contributed by atoms with Gasteiger partial charge >= 0.3 is 0 Å². The minimum atomic E-state index is -0.393. The van der Waals surface area contributed by atoms with Gasteiger partial charge in [-0.2, -0.15) is 0 Å². The third kappa shape index (κ3) is 4.55. The van der Waals surface area contributed by atoms with E-state index in [0.29, 0.717) is 10.8 Å². The average Bonchev–Trinajstić information content (AvgIpc) is 3.37. The minimum absolute atomic E-state index is 0.130. The van der Waals surface area contributed by atoms with Gasteiger partial charge in [0, 0.05) is 11.4 Å². The highest BCUT2D eigenvalue weighted by atomic mass is 32.2. The largest absolute Gasteiger partial charge is 0.325 e. The van der Waals surface area contributed by atoms with Crippen molar-refractivity contribution >= 4 is 34.7 Å². The second kappa shape index (κ2) is 8.59. The van der Waals surface area contributed by atoms with Crippen molar-refractivity contribution in [2.45, 2.75) is 12.1 Å². The summed E-state index contributed by atoms with van der Waals surface area (Å²) >= 11 is 2.87. The second-order valence-electron chi connectivity index (χ2n) is 6.30. The number of carbonyl (C=O) groups is 1. The quantitative estimate of drug-likeness (QED) is 0.434. The number of carbonyl (C=O) groups excluding carboxylic acids is 1. The van der Waals surface area contributed by atoms with E-state index in [0.717, 1.165) is 22.0 Å². The lowest BCUT2D eigenvalue weighted by Crippen LogP contribution is -2.14. The summed E-state index contributed by atoms with van der Waals surface area (Å²) in [5, 5.41) is 14.0. The molecule has 0 aliphatic rings. The van der Waals surface area contributed by atoms with Crippen LogP contribution in [0.25, 0.3) is 16.4 Å². The zero-order valence-electron chi connectivity index (χ0n) is 15.5. The lowest BCUT2D eigenvalue weighted by Gasteiger charge is -2.10. The molecule has 146 valence electrons. The molecule has 8 heteroatoms. The number of thiophene rings is 1. The van der Waals surface area contributed by atoms with E-state index in [4.69, 9.17) is 0 Å². The molecule has 0 aliphatic heterocycles. The average molecular weight is 425 g/mol. The number of halogens is 1. The molecule has 0 radical (unpaired) electrons. The lowest BCUT2D eigenvalue weighted by molar-refractivity contribution is -0.113. The molecule has 0 saturated heterocycles. The Bertz CT molecular complexity index is 1120. The maximum absolute atomic E-state index is 13.3. The second-order valence-corrected chi connectivity index (χ2v) is 8.19. The summed E-state index contributed by atoms with van der Waals surface area (Å²) in [5.41, 5.74) is 2.51. The summed E-state index contributed by atoms with van der Waals surface area (Å²) in [7, 11) is 0. The van der Waals surface area contributed by atoms with E-state index < -0.39 is 5.82 Å². The van der Waals surface area contributed by atoms with E-state index in [1.165, 1.54) is 23.9 Å². The minimum Gasteiger partial charge on any atom is -0.325 e. The van der Waals surface area contributed by atoms with Crippen LogP contribution in [0.1, 0.15) is 5.56 Å². The molecule has 0 spiro atoms. The Labute approximate surface area is 175 Å². The maximum Gasteiger partial charge on any atom is 0.234 e. The van der Waals surface area contributed by atoms with Crippen molar-refractivity contribution in [3.63, 3.8) is 0 Å². The predicted molar refractivity (Wildman–Crippen MR) is 115 cm³/mol. The fourth-order valence-electron chi connectivity index (χ4n) is 2.75. The van der Waals surface area contributed by atoms with Gasteiger partial charge in [0.05, 0.1) is 10.6 Å². The number of benzene rings is 2. The molecule has 1 N–H and O–H groups in total. The Morgan fingerprint density at radius 1 is 1.14 bits per heavy atom. The molecule has 1 amide bonds. The number of hydrogen-bond acceptors (Lipinski definition) is 5. The van der Waals surface area contributed by atoms with Crippen LogP contribution in [0.15, 0.2) is 71.2 Å². The molecule has 0 bridgehead atoms. The van der Waals surface area contributed by atoms with Gasteiger partial charge in [0.2, 0.25) is 5.91 Å². The van der Waals surface area contributed by atoms with E-state index in [1.807, 2.05) is 53.3 Å². The zero-order chi connectivity index (χ0) is 20.2. The highest BCUT2D eigenvalue weighted by Gasteiger charge is 2.18. The molecule has 4 rings (SSSR count). The Morgan fingerprint density at radius 2 is 1.97 bits per heavy atom. The molecule has 2 heterocycles. The summed E-state index contributed by atoms with van der Waals surface area (Å²) < 4.78 is 15.2. The zero-order valence-corrected chi connectivity index (χ0v) is 17.1. The summed E-state index contributed by atoms with van der Waals surface area (Å²) in [6.45, 7) is 2.03. The number of nitrogens with one attached hydrogen (secondary N) is 1. The number of anilines is 1. The van der Waals surface area contributed by atoms with Crippen LogP contribution in [0, 0.1) is 12.7 Å². The Kier molecular flexibility index (Phi) is 5.73.